The summed E-state index contributed by atoms with van der Waals surface area (Å²) in [5.74, 6) is 1.80. The number of aromatic nitrogens is 1. The van der Waals surface area contributed by atoms with Gasteiger partial charge in [0.2, 0.25) is 0 Å². The summed E-state index contributed by atoms with van der Waals surface area (Å²) < 4.78 is 31.6. The quantitative estimate of drug-likeness (QED) is 0.198. The first-order valence-electron chi connectivity index (χ1n) is 11.5. The largest absolute Gasteiger partial charge is 0.497 e. The van der Waals surface area contributed by atoms with E-state index in [-0.39, 0.29) is 12.4 Å². The minimum atomic E-state index is -0.281. The summed E-state index contributed by atoms with van der Waals surface area (Å²) in [5.41, 5.74) is 6.40. The third-order valence-electron chi connectivity index (χ3n) is 5.99. The molecule has 4 rings (SSSR count). The normalized spacial score (nSPS) is 11.3. The summed E-state index contributed by atoms with van der Waals surface area (Å²) in [7, 11) is 4.88. The third kappa shape index (κ3) is 5.20. The molecule has 186 valence electrons. The van der Waals surface area contributed by atoms with Crippen LogP contribution in [0, 0.1) is 12.7 Å². The van der Waals surface area contributed by atoms with E-state index in [4.69, 9.17) is 19.0 Å². The van der Waals surface area contributed by atoms with Crippen LogP contribution in [0.5, 0.6) is 17.2 Å². The van der Waals surface area contributed by atoms with Crippen molar-refractivity contribution in [3.8, 4) is 34.2 Å². The van der Waals surface area contributed by atoms with Crippen LogP contribution in [0.15, 0.2) is 78.0 Å². The molecule has 0 N–H and O–H groups in total. The molecule has 0 spiro atoms. The van der Waals surface area contributed by atoms with Crippen molar-refractivity contribution in [1.82, 2.24) is 4.57 Å². The smallest absolute Gasteiger partial charge is 0.162 e. The van der Waals surface area contributed by atoms with Crippen LogP contribution in [0.25, 0.3) is 16.9 Å². The zero-order chi connectivity index (χ0) is 25.7. The number of rotatable bonds is 9. The lowest BCUT2D eigenvalue weighted by molar-refractivity contribution is 0.130. The maximum Gasteiger partial charge on any atom is 0.162 e. The van der Waals surface area contributed by atoms with Gasteiger partial charge in [-0.2, -0.15) is 0 Å². The standard InChI is InChI=1S/C29H29FN2O4/c1-19(31-36-18-21-6-10-23(30)11-7-21)26-17-27(22-8-13-25(33-3)14-9-22)32(20(26)2)24-12-15-28(34-4)29(16-24)35-5/h6-17H,18H2,1-5H3/b31-19+. The van der Waals surface area contributed by atoms with Gasteiger partial charge < -0.3 is 23.6 Å². The Hall–Kier alpha value is -4.26. The van der Waals surface area contributed by atoms with E-state index < -0.39 is 0 Å². The molecule has 0 unspecified atom stereocenters. The number of hydrogen-bond acceptors (Lipinski definition) is 5. The molecule has 0 aliphatic carbocycles. The molecule has 3 aromatic carbocycles. The lowest BCUT2D eigenvalue weighted by Gasteiger charge is -2.15. The van der Waals surface area contributed by atoms with Gasteiger partial charge >= 0.3 is 0 Å². The van der Waals surface area contributed by atoms with Crippen molar-refractivity contribution < 1.29 is 23.4 Å². The average Bonchev–Trinajstić information content (AvgIpc) is 3.26. The topological polar surface area (TPSA) is 54.2 Å². The Kier molecular flexibility index (Phi) is 7.59. The fourth-order valence-corrected chi connectivity index (χ4v) is 4.08. The molecule has 0 amide bonds. The molecule has 0 radical (unpaired) electrons. The minimum Gasteiger partial charge on any atom is -0.497 e. The number of halogens is 1. The molecule has 0 saturated heterocycles. The number of methoxy groups -OCH3 is 3. The van der Waals surface area contributed by atoms with E-state index in [9.17, 15) is 4.39 Å². The van der Waals surface area contributed by atoms with Crippen molar-refractivity contribution in [2.75, 3.05) is 21.3 Å². The predicted molar refractivity (Wildman–Crippen MR) is 139 cm³/mol. The second kappa shape index (κ2) is 11.0. The Balaban J connectivity index is 1.75. The lowest BCUT2D eigenvalue weighted by atomic mass is 10.1. The van der Waals surface area contributed by atoms with Gasteiger partial charge in [-0.1, -0.05) is 17.3 Å². The monoisotopic (exact) mass is 488 g/mol. The van der Waals surface area contributed by atoms with Gasteiger partial charge in [-0.25, -0.2) is 4.39 Å². The second-order valence-corrected chi connectivity index (χ2v) is 8.21. The summed E-state index contributed by atoms with van der Waals surface area (Å²) in [6.07, 6.45) is 0. The van der Waals surface area contributed by atoms with Crippen LogP contribution in [0.1, 0.15) is 23.7 Å². The van der Waals surface area contributed by atoms with Crippen LogP contribution >= 0.6 is 0 Å². The number of ether oxygens (including phenoxy) is 3. The third-order valence-corrected chi connectivity index (χ3v) is 5.99. The van der Waals surface area contributed by atoms with E-state index in [2.05, 4.69) is 15.8 Å². The Morgan fingerprint density at radius 1 is 0.833 bits per heavy atom. The molecular formula is C29H29FN2O4. The zero-order valence-corrected chi connectivity index (χ0v) is 21.0. The minimum absolute atomic E-state index is 0.248. The zero-order valence-electron chi connectivity index (χ0n) is 21.0. The first-order valence-corrected chi connectivity index (χ1v) is 11.5. The number of benzene rings is 3. The van der Waals surface area contributed by atoms with Gasteiger partial charge in [-0.05, 0) is 79.6 Å². The first-order chi connectivity index (χ1) is 17.4. The summed E-state index contributed by atoms with van der Waals surface area (Å²) in [5, 5.41) is 4.35. The molecule has 0 aliphatic heterocycles. The Bertz CT molecular complexity index is 1360. The summed E-state index contributed by atoms with van der Waals surface area (Å²) in [6.45, 7) is 4.19. The van der Waals surface area contributed by atoms with Crippen LogP contribution in [0.3, 0.4) is 0 Å². The molecule has 0 aliphatic rings. The Morgan fingerprint density at radius 2 is 1.53 bits per heavy atom. The lowest BCUT2D eigenvalue weighted by Crippen LogP contribution is -2.03. The van der Waals surface area contributed by atoms with Gasteiger partial charge in [-0.15, -0.1) is 0 Å². The van der Waals surface area contributed by atoms with Crippen molar-refractivity contribution in [3.05, 3.63) is 95.4 Å². The van der Waals surface area contributed by atoms with Crippen molar-refractivity contribution >= 4 is 5.71 Å². The van der Waals surface area contributed by atoms with Gasteiger partial charge in [0, 0.05) is 23.0 Å². The molecule has 0 bridgehead atoms. The number of nitrogens with zero attached hydrogens (tertiary/aromatic N) is 2. The average molecular weight is 489 g/mol. The van der Waals surface area contributed by atoms with Gasteiger partial charge in [0.05, 0.1) is 32.7 Å². The first kappa shape index (κ1) is 24.9. The number of oxime groups is 1. The molecule has 1 aromatic heterocycles. The summed E-state index contributed by atoms with van der Waals surface area (Å²) in [6, 6.07) is 22.0. The van der Waals surface area contributed by atoms with Crippen LogP contribution < -0.4 is 14.2 Å². The van der Waals surface area contributed by atoms with E-state index in [0.717, 1.165) is 45.2 Å². The predicted octanol–water partition coefficient (Wildman–Crippen LogP) is 6.56. The molecule has 7 heteroatoms. The Morgan fingerprint density at radius 3 is 2.17 bits per heavy atom. The summed E-state index contributed by atoms with van der Waals surface area (Å²) >= 11 is 0. The molecule has 1 heterocycles. The van der Waals surface area contributed by atoms with E-state index in [1.165, 1.54) is 12.1 Å². The molecule has 0 saturated carbocycles. The maximum atomic E-state index is 13.2. The summed E-state index contributed by atoms with van der Waals surface area (Å²) in [4.78, 5) is 5.59. The van der Waals surface area contributed by atoms with E-state index >= 15 is 0 Å². The van der Waals surface area contributed by atoms with Gasteiger partial charge in [0.15, 0.2) is 11.5 Å². The molecule has 0 fully saturated rings. The van der Waals surface area contributed by atoms with Gasteiger partial charge in [0.25, 0.3) is 0 Å². The van der Waals surface area contributed by atoms with Crippen molar-refractivity contribution in [3.63, 3.8) is 0 Å². The highest BCUT2D eigenvalue weighted by Crippen LogP contribution is 2.35. The fraction of sp³-hybridized carbons (Fsp3) is 0.207. The van der Waals surface area contributed by atoms with Crippen LogP contribution in [0.4, 0.5) is 4.39 Å². The van der Waals surface area contributed by atoms with Crippen molar-refractivity contribution in [1.29, 1.82) is 0 Å². The maximum absolute atomic E-state index is 13.2. The molecule has 0 atom stereocenters. The van der Waals surface area contributed by atoms with Gasteiger partial charge in [-0.3, -0.25) is 0 Å². The van der Waals surface area contributed by atoms with Crippen molar-refractivity contribution in [2.24, 2.45) is 5.16 Å². The molecule has 4 aromatic rings. The van der Waals surface area contributed by atoms with Crippen LogP contribution in [-0.2, 0) is 11.4 Å². The highest BCUT2D eigenvalue weighted by molar-refractivity contribution is 6.01. The molecular weight excluding hydrogens is 459 g/mol. The van der Waals surface area contributed by atoms with Gasteiger partial charge in [0.1, 0.15) is 18.2 Å². The van der Waals surface area contributed by atoms with E-state index in [0.29, 0.717) is 11.5 Å². The number of hydrogen-bond donors (Lipinski definition) is 0. The van der Waals surface area contributed by atoms with Crippen molar-refractivity contribution in [2.45, 2.75) is 20.5 Å². The highest BCUT2D eigenvalue weighted by atomic mass is 19.1. The highest BCUT2D eigenvalue weighted by Gasteiger charge is 2.18. The second-order valence-electron chi connectivity index (χ2n) is 8.21. The van der Waals surface area contributed by atoms with E-state index in [1.54, 1.807) is 33.5 Å². The van der Waals surface area contributed by atoms with Crippen LogP contribution in [-0.4, -0.2) is 31.6 Å². The SMILES string of the molecule is COc1ccc(-c2cc(/C(C)=N/OCc3ccc(F)cc3)c(C)n2-c2ccc(OC)c(OC)c2)cc1. The fourth-order valence-electron chi connectivity index (χ4n) is 4.08. The Labute approximate surface area is 210 Å². The molecule has 6 nitrogen and oxygen atoms in total. The van der Waals surface area contributed by atoms with Crippen LogP contribution in [0.2, 0.25) is 0 Å². The van der Waals surface area contributed by atoms with E-state index in [1.807, 2.05) is 56.3 Å². The molecule has 36 heavy (non-hydrogen) atoms.